The van der Waals surface area contributed by atoms with Crippen molar-refractivity contribution in [1.82, 2.24) is 5.48 Å². The van der Waals surface area contributed by atoms with Crippen molar-refractivity contribution in [2.45, 2.75) is 26.4 Å². The predicted molar refractivity (Wildman–Crippen MR) is 59.4 cm³/mol. The molecular formula is C11H16N2O2. The first-order valence-corrected chi connectivity index (χ1v) is 4.77. The summed E-state index contributed by atoms with van der Waals surface area (Å²) in [5.41, 5.74) is 2.66. The molecule has 0 saturated carbocycles. The van der Waals surface area contributed by atoms with Gasteiger partial charge in [-0.05, 0) is 32.9 Å². The van der Waals surface area contributed by atoms with Gasteiger partial charge in [0.25, 0.3) is 0 Å². The third-order valence-electron chi connectivity index (χ3n) is 1.48. The highest BCUT2D eigenvalue weighted by Crippen LogP contribution is 2.06. The topological polar surface area (TPSA) is 50.4 Å². The minimum atomic E-state index is -0.395. The summed E-state index contributed by atoms with van der Waals surface area (Å²) in [5.74, 6) is 0. The van der Waals surface area contributed by atoms with Crippen LogP contribution in [0.3, 0.4) is 0 Å². The number of nitrogens with one attached hydrogen (secondary N) is 2. The Kier molecular flexibility index (Phi) is 3.68. The van der Waals surface area contributed by atoms with Crippen LogP contribution in [0.2, 0.25) is 0 Å². The van der Waals surface area contributed by atoms with Gasteiger partial charge < -0.3 is 5.32 Å². The zero-order valence-electron chi connectivity index (χ0n) is 9.20. The van der Waals surface area contributed by atoms with E-state index in [1.54, 1.807) is 12.1 Å². The van der Waals surface area contributed by atoms with Crippen LogP contribution < -0.4 is 10.8 Å². The van der Waals surface area contributed by atoms with Crippen molar-refractivity contribution in [1.29, 1.82) is 0 Å². The van der Waals surface area contributed by atoms with Crippen molar-refractivity contribution < 1.29 is 9.63 Å². The second kappa shape index (κ2) is 4.79. The van der Waals surface area contributed by atoms with Crippen LogP contribution in [0.1, 0.15) is 20.8 Å². The minimum absolute atomic E-state index is 0.379. The maximum absolute atomic E-state index is 11.3. The number of hydrogen-bond acceptors (Lipinski definition) is 2. The lowest BCUT2D eigenvalue weighted by atomic mass is 10.2. The van der Waals surface area contributed by atoms with E-state index in [9.17, 15) is 4.79 Å². The van der Waals surface area contributed by atoms with E-state index in [-0.39, 0.29) is 6.03 Å². The molecule has 0 heterocycles. The number of urea groups is 1. The number of anilines is 1. The molecule has 82 valence electrons. The van der Waals surface area contributed by atoms with Crippen LogP contribution in [0.15, 0.2) is 30.3 Å². The molecule has 1 rings (SSSR count). The summed E-state index contributed by atoms with van der Waals surface area (Å²) in [6.07, 6.45) is 0. The van der Waals surface area contributed by atoms with Gasteiger partial charge in [0.15, 0.2) is 0 Å². The van der Waals surface area contributed by atoms with E-state index in [0.29, 0.717) is 0 Å². The highest BCUT2D eigenvalue weighted by atomic mass is 16.7. The fourth-order valence-corrected chi connectivity index (χ4v) is 0.878. The van der Waals surface area contributed by atoms with Crippen LogP contribution in [-0.2, 0) is 4.84 Å². The third kappa shape index (κ3) is 5.02. The highest BCUT2D eigenvalue weighted by molar-refractivity contribution is 5.88. The van der Waals surface area contributed by atoms with E-state index < -0.39 is 5.60 Å². The van der Waals surface area contributed by atoms with Crippen LogP contribution in [-0.4, -0.2) is 11.6 Å². The molecule has 0 aliphatic carbocycles. The van der Waals surface area contributed by atoms with E-state index in [1.807, 2.05) is 39.0 Å². The fourth-order valence-electron chi connectivity index (χ4n) is 0.878. The Bertz CT molecular complexity index is 317. The monoisotopic (exact) mass is 208 g/mol. The second-order valence-corrected chi connectivity index (χ2v) is 4.14. The molecule has 0 unspecified atom stereocenters. The molecule has 0 atom stereocenters. The quantitative estimate of drug-likeness (QED) is 0.734. The lowest BCUT2D eigenvalue weighted by Crippen LogP contribution is -2.36. The van der Waals surface area contributed by atoms with Gasteiger partial charge >= 0.3 is 6.03 Å². The predicted octanol–water partition coefficient (Wildman–Crippen LogP) is 2.54. The molecule has 0 radical (unpaired) electrons. The lowest BCUT2D eigenvalue weighted by Gasteiger charge is -2.19. The summed E-state index contributed by atoms with van der Waals surface area (Å²) < 4.78 is 0. The molecule has 2 amide bonds. The molecule has 0 saturated heterocycles. The molecule has 0 aromatic heterocycles. The fraction of sp³-hybridized carbons (Fsp3) is 0.364. The Balaban J connectivity index is 2.38. The van der Waals surface area contributed by atoms with Gasteiger partial charge in [-0.1, -0.05) is 18.2 Å². The van der Waals surface area contributed by atoms with Crippen LogP contribution >= 0.6 is 0 Å². The Morgan fingerprint density at radius 2 is 1.80 bits per heavy atom. The van der Waals surface area contributed by atoms with Gasteiger partial charge in [0.1, 0.15) is 0 Å². The average Bonchev–Trinajstić information content (AvgIpc) is 2.15. The van der Waals surface area contributed by atoms with Crippen molar-refractivity contribution >= 4 is 11.7 Å². The molecule has 0 aliphatic heterocycles. The first-order chi connectivity index (χ1) is 6.97. The van der Waals surface area contributed by atoms with Gasteiger partial charge in [-0.25, -0.2) is 10.3 Å². The van der Waals surface area contributed by atoms with E-state index in [1.165, 1.54) is 0 Å². The number of amides is 2. The lowest BCUT2D eigenvalue weighted by molar-refractivity contribution is -0.0505. The minimum Gasteiger partial charge on any atom is -0.306 e. The molecule has 4 nitrogen and oxygen atoms in total. The maximum Gasteiger partial charge on any atom is 0.343 e. The van der Waals surface area contributed by atoms with Gasteiger partial charge in [-0.3, -0.25) is 4.84 Å². The summed E-state index contributed by atoms with van der Waals surface area (Å²) in [4.78, 5) is 16.4. The van der Waals surface area contributed by atoms with Gasteiger partial charge in [-0.2, -0.15) is 0 Å². The number of carbonyl (C=O) groups excluding carboxylic acids is 1. The van der Waals surface area contributed by atoms with E-state index in [4.69, 9.17) is 4.84 Å². The number of rotatable bonds is 2. The first kappa shape index (κ1) is 11.5. The van der Waals surface area contributed by atoms with Crippen LogP contribution in [0.5, 0.6) is 0 Å². The van der Waals surface area contributed by atoms with Crippen molar-refractivity contribution in [2.24, 2.45) is 0 Å². The summed E-state index contributed by atoms with van der Waals surface area (Å²) in [5, 5.41) is 2.64. The Hall–Kier alpha value is -1.55. The molecule has 0 fully saturated rings. The number of hydroxylamine groups is 1. The van der Waals surface area contributed by atoms with E-state index >= 15 is 0 Å². The zero-order chi connectivity index (χ0) is 11.3. The summed E-state index contributed by atoms with van der Waals surface area (Å²) in [7, 11) is 0. The molecule has 0 aliphatic rings. The number of benzene rings is 1. The third-order valence-corrected chi connectivity index (χ3v) is 1.48. The van der Waals surface area contributed by atoms with Crippen molar-refractivity contribution in [3.8, 4) is 0 Å². The van der Waals surface area contributed by atoms with Crippen molar-refractivity contribution in [3.05, 3.63) is 30.3 Å². The highest BCUT2D eigenvalue weighted by Gasteiger charge is 2.12. The molecule has 0 bridgehead atoms. The Labute approximate surface area is 89.6 Å². The van der Waals surface area contributed by atoms with Crippen molar-refractivity contribution in [3.63, 3.8) is 0 Å². The standard InChI is InChI=1S/C11H16N2O2/c1-11(2,3)15-13-10(14)12-9-7-5-4-6-8-9/h4-8H,1-3H3,(H2,12,13,14). The largest absolute Gasteiger partial charge is 0.343 e. The molecule has 1 aromatic carbocycles. The van der Waals surface area contributed by atoms with Crippen LogP contribution in [0.25, 0.3) is 0 Å². The van der Waals surface area contributed by atoms with Crippen LogP contribution in [0, 0.1) is 0 Å². The van der Waals surface area contributed by atoms with E-state index in [2.05, 4.69) is 10.8 Å². The molecule has 1 aromatic rings. The maximum atomic E-state index is 11.3. The first-order valence-electron chi connectivity index (χ1n) is 4.77. The zero-order valence-corrected chi connectivity index (χ0v) is 9.20. The SMILES string of the molecule is CC(C)(C)ONC(=O)Nc1ccccc1. The van der Waals surface area contributed by atoms with Gasteiger partial charge in [0.2, 0.25) is 0 Å². The molecule has 0 spiro atoms. The van der Waals surface area contributed by atoms with Gasteiger partial charge in [0.05, 0.1) is 5.60 Å². The van der Waals surface area contributed by atoms with Crippen LogP contribution in [0.4, 0.5) is 10.5 Å². The summed E-state index contributed by atoms with van der Waals surface area (Å²) in [6.45, 7) is 5.57. The van der Waals surface area contributed by atoms with Gasteiger partial charge in [0, 0.05) is 5.69 Å². The molecule has 15 heavy (non-hydrogen) atoms. The smallest absolute Gasteiger partial charge is 0.306 e. The van der Waals surface area contributed by atoms with E-state index in [0.717, 1.165) is 5.69 Å². The molecule has 2 N–H and O–H groups in total. The number of carbonyl (C=O) groups is 1. The molecular weight excluding hydrogens is 192 g/mol. The summed E-state index contributed by atoms with van der Waals surface area (Å²) in [6, 6.07) is 8.80. The van der Waals surface area contributed by atoms with Gasteiger partial charge in [-0.15, -0.1) is 0 Å². The second-order valence-electron chi connectivity index (χ2n) is 4.14. The number of hydrogen-bond donors (Lipinski definition) is 2. The summed E-state index contributed by atoms with van der Waals surface area (Å²) >= 11 is 0. The number of para-hydroxylation sites is 1. The normalized spacial score (nSPS) is 10.9. The van der Waals surface area contributed by atoms with Crippen molar-refractivity contribution in [2.75, 3.05) is 5.32 Å². The Morgan fingerprint density at radius 1 is 1.20 bits per heavy atom. The average molecular weight is 208 g/mol. The Morgan fingerprint density at radius 3 is 2.33 bits per heavy atom. The molecule has 4 heteroatoms.